The number of morpholine rings is 1. The van der Waals surface area contributed by atoms with Crippen LogP contribution in [0.1, 0.15) is 27.2 Å². The fourth-order valence-corrected chi connectivity index (χ4v) is 3.02. The van der Waals surface area contributed by atoms with Gasteiger partial charge in [-0.1, -0.05) is 20.8 Å². The highest BCUT2D eigenvalue weighted by Gasteiger charge is 2.66. The van der Waals surface area contributed by atoms with Gasteiger partial charge in [0.2, 0.25) is 5.91 Å². The summed E-state index contributed by atoms with van der Waals surface area (Å²) in [4.78, 5) is 25.4. The molecule has 2 fully saturated rings. The van der Waals surface area contributed by atoms with E-state index in [1.54, 1.807) is 0 Å². The van der Waals surface area contributed by atoms with Crippen LogP contribution in [0.3, 0.4) is 0 Å². The molecule has 5 heteroatoms. The summed E-state index contributed by atoms with van der Waals surface area (Å²) in [7, 11) is 0. The van der Waals surface area contributed by atoms with Crippen LogP contribution in [0.2, 0.25) is 0 Å². The lowest BCUT2D eigenvalue weighted by molar-refractivity contribution is -0.145. The molecule has 1 N–H and O–H groups in total. The van der Waals surface area contributed by atoms with Crippen LogP contribution < -0.4 is 0 Å². The van der Waals surface area contributed by atoms with Gasteiger partial charge in [0.05, 0.1) is 31.1 Å². The SMILES string of the molecule is CCC1COCCN1C(=O)[C@H]1[C@@H](C(=O)O)C1(C)C. The molecule has 1 unspecified atom stereocenters. The molecule has 2 rings (SSSR count). The van der Waals surface area contributed by atoms with Gasteiger partial charge in [-0.2, -0.15) is 0 Å². The lowest BCUT2D eigenvalue weighted by atomic mass is 10.1. The molecule has 1 aliphatic carbocycles. The number of hydrogen-bond acceptors (Lipinski definition) is 3. The molecule has 0 spiro atoms. The molecule has 0 aromatic carbocycles. The van der Waals surface area contributed by atoms with Crippen molar-refractivity contribution < 1.29 is 19.4 Å². The van der Waals surface area contributed by atoms with Crippen LogP contribution in [0.4, 0.5) is 0 Å². The molecule has 1 aliphatic heterocycles. The number of carboxylic acids is 1. The maximum atomic E-state index is 12.5. The fraction of sp³-hybridized carbons (Fsp3) is 0.846. The Morgan fingerprint density at radius 1 is 1.39 bits per heavy atom. The normalized spacial score (nSPS) is 34.2. The second-order valence-electron chi connectivity index (χ2n) is 5.78. The Labute approximate surface area is 107 Å². The molecule has 0 aromatic heterocycles. The van der Waals surface area contributed by atoms with Crippen molar-refractivity contribution in [3.8, 4) is 0 Å². The Bertz CT molecular complexity index is 366. The average molecular weight is 255 g/mol. The van der Waals surface area contributed by atoms with Crippen LogP contribution in [-0.4, -0.2) is 47.7 Å². The molecule has 0 radical (unpaired) electrons. The van der Waals surface area contributed by atoms with Crippen molar-refractivity contribution in [2.45, 2.75) is 33.2 Å². The number of nitrogens with zero attached hydrogens (tertiary/aromatic N) is 1. The van der Waals surface area contributed by atoms with Gasteiger partial charge in [-0.05, 0) is 11.8 Å². The summed E-state index contributed by atoms with van der Waals surface area (Å²) < 4.78 is 5.37. The van der Waals surface area contributed by atoms with Gasteiger partial charge in [-0.25, -0.2) is 0 Å². The van der Waals surface area contributed by atoms with E-state index in [0.29, 0.717) is 19.8 Å². The maximum absolute atomic E-state index is 12.5. The van der Waals surface area contributed by atoms with E-state index < -0.39 is 17.3 Å². The quantitative estimate of drug-likeness (QED) is 0.816. The van der Waals surface area contributed by atoms with Crippen LogP contribution in [0, 0.1) is 17.3 Å². The third kappa shape index (κ3) is 2.00. The third-order valence-electron chi connectivity index (χ3n) is 4.34. The Kier molecular flexibility index (Phi) is 3.36. The smallest absolute Gasteiger partial charge is 0.307 e. The van der Waals surface area contributed by atoms with Gasteiger partial charge in [0, 0.05) is 6.54 Å². The van der Waals surface area contributed by atoms with E-state index in [1.165, 1.54) is 0 Å². The molecule has 102 valence electrons. The minimum absolute atomic E-state index is 0.0115. The number of hydrogen-bond donors (Lipinski definition) is 1. The number of rotatable bonds is 3. The molecular formula is C13H21NO4. The first-order chi connectivity index (χ1) is 8.41. The van der Waals surface area contributed by atoms with E-state index in [9.17, 15) is 9.59 Å². The first-order valence-electron chi connectivity index (χ1n) is 6.52. The molecule has 1 saturated heterocycles. The molecule has 2 aliphatic rings. The first kappa shape index (κ1) is 13.3. The Hall–Kier alpha value is -1.10. The lowest BCUT2D eigenvalue weighted by Crippen LogP contribution is -2.49. The largest absolute Gasteiger partial charge is 0.481 e. The molecule has 1 amide bonds. The molecule has 0 aromatic rings. The summed E-state index contributed by atoms with van der Waals surface area (Å²) in [5.74, 6) is -1.78. The van der Waals surface area contributed by atoms with Crippen LogP contribution in [0.15, 0.2) is 0 Å². The zero-order chi connectivity index (χ0) is 13.5. The van der Waals surface area contributed by atoms with Crippen molar-refractivity contribution >= 4 is 11.9 Å². The summed E-state index contributed by atoms with van der Waals surface area (Å²) in [6.07, 6.45) is 0.844. The molecule has 5 nitrogen and oxygen atoms in total. The summed E-state index contributed by atoms with van der Waals surface area (Å²) in [6.45, 7) is 7.42. The Balaban J connectivity index is 2.10. The van der Waals surface area contributed by atoms with Gasteiger partial charge >= 0.3 is 5.97 Å². The van der Waals surface area contributed by atoms with Gasteiger partial charge in [0.25, 0.3) is 0 Å². The monoisotopic (exact) mass is 255 g/mol. The van der Waals surface area contributed by atoms with Crippen molar-refractivity contribution in [2.24, 2.45) is 17.3 Å². The van der Waals surface area contributed by atoms with E-state index in [-0.39, 0.29) is 17.9 Å². The number of ether oxygens (including phenoxy) is 1. The topological polar surface area (TPSA) is 66.8 Å². The van der Waals surface area contributed by atoms with Gasteiger partial charge < -0.3 is 14.7 Å². The van der Waals surface area contributed by atoms with Gasteiger partial charge in [0.1, 0.15) is 0 Å². The number of carbonyl (C=O) groups excluding carboxylic acids is 1. The predicted octanol–water partition coefficient (Wildman–Crippen LogP) is 0.981. The highest BCUT2D eigenvalue weighted by molar-refractivity contribution is 5.91. The molecule has 18 heavy (non-hydrogen) atoms. The highest BCUT2D eigenvalue weighted by atomic mass is 16.5. The zero-order valence-corrected chi connectivity index (χ0v) is 11.2. The first-order valence-corrected chi connectivity index (χ1v) is 6.52. The van der Waals surface area contributed by atoms with Gasteiger partial charge in [-0.3, -0.25) is 9.59 Å². The van der Waals surface area contributed by atoms with Crippen LogP contribution in [-0.2, 0) is 14.3 Å². The second-order valence-corrected chi connectivity index (χ2v) is 5.78. The van der Waals surface area contributed by atoms with Crippen molar-refractivity contribution in [3.05, 3.63) is 0 Å². The van der Waals surface area contributed by atoms with Crippen LogP contribution >= 0.6 is 0 Å². The molecular weight excluding hydrogens is 234 g/mol. The third-order valence-corrected chi connectivity index (χ3v) is 4.34. The summed E-state index contributed by atoms with van der Waals surface area (Å²) in [5, 5.41) is 9.13. The molecule has 0 bridgehead atoms. The zero-order valence-electron chi connectivity index (χ0n) is 11.2. The predicted molar refractivity (Wildman–Crippen MR) is 65.0 cm³/mol. The lowest BCUT2D eigenvalue weighted by Gasteiger charge is -2.35. The standard InChI is InChI=1S/C13H21NO4/c1-4-8-7-18-6-5-14(8)11(15)9-10(12(16)17)13(9,2)3/h8-10H,4-7H2,1-3H3,(H,16,17)/t8?,9-,10+/m1/s1. The van der Waals surface area contributed by atoms with E-state index in [0.717, 1.165) is 6.42 Å². The number of amides is 1. The highest BCUT2D eigenvalue weighted by Crippen LogP contribution is 2.59. The molecule has 3 atom stereocenters. The fourth-order valence-electron chi connectivity index (χ4n) is 3.02. The molecule has 1 saturated carbocycles. The van der Waals surface area contributed by atoms with Crippen molar-refractivity contribution in [2.75, 3.05) is 19.8 Å². The van der Waals surface area contributed by atoms with Crippen molar-refractivity contribution in [3.63, 3.8) is 0 Å². The van der Waals surface area contributed by atoms with Crippen LogP contribution in [0.25, 0.3) is 0 Å². The van der Waals surface area contributed by atoms with E-state index in [1.807, 2.05) is 25.7 Å². The van der Waals surface area contributed by atoms with E-state index in [2.05, 4.69) is 0 Å². The summed E-state index contributed by atoms with van der Waals surface area (Å²) in [6, 6.07) is 0.0945. The Morgan fingerprint density at radius 3 is 2.56 bits per heavy atom. The van der Waals surface area contributed by atoms with Crippen molar-refractivity contribution in [1.82, 2.24) is 4.90 Å². The second kappa shape index (κ2) is 4.53. The minimum atomic E-state index is -0.861. The van der Waals surface area contributed by atoms with E-state index >= 15 is 0 Å². The number of carboxylic acid groups (broad SMARTS) is 1. The average Bonchev–Trinajstić information content (AvgIpc) is 2.91. The maximum Gasteiger partial charge on any atom is 0.307 e. The summed E-state index contributed by atoms with van der Waals surface area (Å²) >= 11 is 0. The minimum Gasteiger partial charge on any atom is -0.481 e. The van der Waals surface area contributed by atoms with Gasteiger partial charge in [-0.15, -0.1) is 0 Å². The van der Waals surface area contributed by atoms with Crippen molar-refractivity contribution in [1.29, 1.82) is 0 Å². The van der Waals surface area contributed by atoms with E-state index in [4.69, 9.17) is 9.84 Å². The number of aliphatic carboxylic acids is 1. The summed E-state index contributed by atoms with van der Waals surface area (Å²) in [5.41, 5.74) is -0.417. The number of carbonyl (C=O) groups is 2. The van der Waals surface area contributed by atoms with Crippen LogP contribution in [0.5, 0.6) is 0 Å². The van der Waals surface area contributed by atoms with Gasteiger partial charge in [0.15, 0.2) is 0 Å². The Morgan fingerprint density at radius 2 is 2.06 bits per heavy atom. The molecule has 1 heterocycles.